The number of halogens is 1. The minimum Gasteiger partial charge on any atom is -0.348 e. The molecule has 0 bridgehead atoms. The molecule has 20 heavy (non-hydrogen) atoms. The van der Waals surface area contributed by atoms with Gasteiger partial charge in [-0.25, -0.2) is 4.98 Å². The first-order chi connectivity index (χ1) is 9.52. The fourth-order valence-electron chi connectivity index (χ4n) is 2.45. The van der Waals surface area contributed by atoms with Crippen LogP contribution in [0.1, 0.15) is 19.0 Å². The number of nitrogens with zero attached hydrogens (tertiary/aromatic N) is 5. The number of nitro groups is 1. The van der Waals surface area contributed by atoms with Gasteiger partial charge in [0.05, 0.1) is 4.92 Å². The molecule has 8 heteroatoms. The van der Waals surface area contributed by atoms with Gasteiger partial charge in [0.1, 0.15) is 5.69 Å². The lowest BCUT2D eigenvalue weighted by atomic mass is 10.2. The van der Waals surface area contributed by atoms with Crippen molar-refractivity contribution in [3.05, 3.63) is 21.1 Å². The molecule has 0 aromatic carbocycles. The zero-order valence-corrected chi connectivity index (χ0v) is 12.4. The zero-order valence-electron chi connectivity index (χ0n) is 11.7. The van der Waals surface area contributed by atoms with Crippen molar-refractivity contribution in [3.8, 4) is 0 Å². The minimum atomic E-state index is -0.431. The highest BCUT2D eigenvalue weighted by Gasteiger charge is 2.28. The van der Waals surface area contributed by atoms with Gasteiger partial charge < -0.3 is 4.90 Å². The molecule has 110 valence electrons. The summed E-state index contributed by atoms with van der Waals surface area (Å²) in [6.07, 6.45) is 1.11. The Hall–Kier alpha value is -1.47. The van der Waals surface area contributed by atoms with Crippen LogP contribution in [0.3, 0.4) is 0 Å². The maximum atomic E-state index is 11.2. The number of hydrogen-bond donors (Lipinski definition) is 0. The molecule has 0 radical (unpaired) electrons. The summed E-state index contributed by atoms with van der Waals surface area (Å²) in [4.78, 5) is 23.0. The van der Waals surface area contributed by atoms with Crippen LogP contribution in [0.25, 0.3) is 0 Å². The van der Waals surface area contributed by atoms with Crippen molar-refractivity contribution in [1.29, 1.82) is 0 Å². The van der Waals surface area contributed by atoms with Crippen LogP contribution in [0.4, 0.5) is 11.5 Å². The molecule has 0 spiro atoms. The van der Waals surface area contributed by atoms with Gasteiger partial charge in [-0.2, -0.15) is 4.98 Å². The van der Waals surface area contributed by atoms with E-state index in [1.807, 2.05) is 4.90 Å². The summed E-state index contributed by atoms with van der Waals surface area (Å²) in [5, 5.41) is 11.3. The third-order valence-electron chi connectivity index (χ3n) is 3.41. The third kappa shape index (κ3) is 3.16. The molecule has 0 unspecified atom stereocenters. The monoisotopic (exact) mass is 299 g/mol. The van der Waals surface area contributed by atoms with Gasteiger partial charge in [-0.3, -0.25) is 15.0 Å². The highest BCUT2D eigenvalue weighted by molar-refractivity contribution is 6.28. The minimum absolute atomic E-state index is 0.0432. The highest BCUT2D eigenvalue weighted by Crippen LogP contribution is 2.30. The van der Waals surface area contributed by atoms with E-state index in [-0.39, 0.29) is 11.0 Å². The second-order valence-corrected chi connectivity index (χ2v) is 5.17. The Bertz CT molecular complexity index is 503. The number of rotatable bonds is 4. The largest absolute Gasteiger partial charge is 0.348 e. The second-order valence-electron chi connectivity index (χ2n) is 4.84. The normalized spacial score (nSPS) is 16.4. The van der Waals surface area contributed by atoms with Crippen molar-refractivity contribution >= 4 is 23.1 Å². The Balaban J connectivity index is 2.23. The fraction of sp³-hybridized carbons (Fsp3) is 0.667. The molecular weight excluding hydrogens is 282 g/mol. The standard InChI is InChI=1S/C12H18ClN5O2/c1-3-4-16-5-7-17(8-6-16)11-10(18(19)20)9(2)14-12(13)15-11/h3-8H2,1-2H3. The van der Waals surface area contributed by atoms with E-state index in [0.717, 1.165) is 26.1 Å². The van der Waals surface area contributed by atoms with Crippen LogP contribution in [-0.4, -0.2) is 52.5 Å². The SMILES string of the molecule is CCCN1CCN(c2nc(Cl)nc(C)c2[N+](=O)[O-])CC1. The predicted octanol–water partition coefficient (Wildman–Crippen LogP) is 1.88. The van der Waals surface area contributed by atoms with E-state index in [0.29, 0.717) is 24.6 Å². The summed E-state index contributed by atoms with van der Waals surface area (Å²) < 4.78 is 0. The van der Waals surface area contributed by atoms with Crippen molar-refractivity contribution in [2.45, 2.75) is 20.3 Å². The Labute approximate surface area is 122 Å². The van der Waals surface area contributed by atoms with Gasteiger partial charge >= 0.3 is 5.69 Å². The summed E-state index contributed by atoms with van der Waals surface area (Å²) in [5.74, 6) is 0.337. The van der Waals surface area contributed by atoms with Crippen LogP contribution in [0.15, 0.2) is 0 Å². The maximum Gasteiger partial charge on any atom is 0.332 e. The quantitative estimate of drug-likeness (QED) is 0.480. The molecular formula is C12H18ClN5O2. The van der Waals surface area contributed by atoms with Crippen molar-refractivity contribution in [2.24, 2.45) is 0 Å². The average Bonchev–Trinajstić information content (AvgIpc) is 2.38. The van der Waals surface area contributed by atoms with Gasteiger partial charge in [0.25, 0.3) is 0 Å². The number of hydrogen-bond acceptors (Lipinski definition) is 6. The lowest BCUT2D eigenvalue weighted by molar-refractivity contribution is -0.385. The Morgan fingerprint density at radius 2 is 1.95 bits per heavy atom. The number of piperazine rings is 1. The summed E-state index contributed by atoms with van der Waals surface area (Å²) in [7, 11) is 0. The van der Waals surface area contributed by atoms with Crippen LogP contribution in [0.5, 0.6) is 0 Å². The zero-order chi connectivity index (χ0) is 14.7. The van der Waals surface area contributed by atoms with Gasteiger partial charge in [0.2, 0.25) is 11.1 Å². The molecule has 1 aromatic rings. The molecule has 0 saturated carbocycles. The molecule has 0 amide bonds. The smallest absolute Gasteiger partial charge is 0.332 e. The number of anilines is 1. The molecule has 0 aliphatic carbocycles. The van der Waals surface area contributed by atoms with Crippen molar-refractivity contribution < 1.29 is 4.92 Å². The molecule has 1 aliphatic heterocycles. The van der Waals surface area contributed by atoms with Gasteiger partial charge in [0.15, 0.2) is 0 Å². The Morgan fingerprint density at radius 1 is 1.30 bits per heavy atom. The van der Waals surface area contributed by atoms with Crippen LogP contribution in [-0.2, 0) is 0 Å². The molecule has 2 heterocycles. The Morgan fingerprint density at radius 3 is 2.50 bits per heavy atom. The van der Waals surface area contributed by atoms with E-state index < -0.39 is 4.92 Å². The van der Waals surface area contributed by atoms with E-state index in [4.69, 9.17) is 11.6 Å². The fourth-order valence-corrected chi connectivity index (χ4v) is 2.66. The van der Waals surface area contributed by atoms with Crippen molar-refractivity contribution in [1.82, 2.24) is 14.9 Å². The van der Waals surface area contributed by atoms with Crippen molar-refractivity contribution in [3.63, 3.8) is 0 Å². The van der Waals surface area contributed by atoms with Gasteiger partial charge in [-0.05, 0) is 31.5 Å². The summed E-state index contributed by atoms with van der Waals surface area (Å²) in [6, 6.07) is 0. The predicted molar refractivity (Wildman–Crippen MR) is 77.4 cm³/mol. The third-order valence-corrected chi connectivity index (χ3v) is 3.58. The van der Waals surface area contributed by atoms with E-state index in [1.54, 1.807) is 6.92 Å². The summed E-state index contributed by atoms with van der Waals surface area (Å²) >= 11 is 5.84. The van der Waals surface area contributed by atoms with Crippen LogP contribution in [0.2, 0.25) is 5.28 Å². The Kier molecular flexibility index (Phi) is 4.72. The first kappa shape index (κ1) is 14.9. The maximum absolute atomic E-state index is 11.2. The summed E-state index contributed by atoms with van der Waals surface area (Å²) in [6.45, 7) is 7.98. The topological polar surface area (TPSA) is 75.4 Å². The summed E-state index contributed by atoms with van der Waals surface area (Å²) in [5.41, 5.74) is 0.263. The van der Waals surface area contributed by atoms with Gasteiger partial charge in [-0.1, -0.05) is 6.92 Å². The van der Waals surface area contributed by atoms with Gasteiger partial charge in [-0.15, -0.1) is 0 Å². The van der Waals surface area contributed by atoms with Crippen LogP contribution >= 0.6 is 11.6 Å². The van der Waals surface area contributed by atoms with E-state index in [9.17, 15) is 10.1 Å². The van der Waals surface area contributed by atoms with Crippen LogP contribution in [0, 0.1) is 17.0 Å². The highest BCUT2D eigenvalue weighted by atomic mass is 35.5. The molecule has 0 N–H and O–H groups in total. The molecule has 7 nitrogen and oxygen atoms in total. The molecule has 1 saturated heterocycles. The van der Waals surface area contributed by atoms with Crippen molar-refractivity contribution in [2.75, 3.05) is 37.6 Å². The second kappa shape index (κ2) is 6.32. The molecule has 1 fully saturated rings. The van der Waals surface area contributed by atoms with Gasteiger partial charge in [0, 0.05) is 26.2 Å². The molecule has 2 rings (SSSR count). The van der Waals surface area contributed by atoms with E-state index in [2.05, 4.69) is 21.8 Å². The van der Waals surface area contributed by atoms with E-state index >= 15 is 0 Å². The van der Waals surface area contributed by atoms with Crippen LogP contribution < -0.4 is 4.90 Å². The lowest BCUT2D eigenvalue weighted by Crippen LogP contribution is -2.47. The lowest BCUT2D eigenvalue weighted by Gasteiger charge is -2.34. The number of aromatic nitrogens is 2. The first-order valence-corrected chi connectivity index (χ1v) is 7.06. The average molecular weight is 300 g/mol. The molecule has 1 aromatic heterocycles. The van der Waals surface area contributed by atoms with E-state index in [1.165, 1.54) is 0 Å². The first-order valence-electron chi connectivity index (χ1n) is 6.68. The number of aryl methyl sites for hydroxylation is 1. The molecule has 1 aliphatic rings. The molecule has 0 atom stereocenters.